The van der Waals surface area contributed by atoms with E-state index in [2.05, 4.69) is 9.55 Å². The van der Waals surface area contributed by atoms with Gasteiger partial charge in [-0.05, 0) is 19.1 Å². The molecule has 0 saturated heterocycles. The zero-order chi connectivity index (χ0) is 11.8. The van der Waals surface area contributed by atoms with Crippen molar-refractivity contribution in [3.8, 4) is 17.1 Å². The molecule has 1 aromatic heterocycles. The minimum atomic E-state index is 0.0454. The molecule has 1 aliphatic heterocycles. The Labute approximate surface area is 98.9 Å². The van der Waals surface area contributed by atoms with Gasteiger partial charge in [-0.15, -0.1) is 0 Å². The summed E-state index contributed by atoms with van der Waals surface area (Å²) in [5.74, 6) is 1.68. The summed E-state index contributed by atoms with van der Waals surface area (Å²) in [6.45, 7) is 2.93. The van der Waals surface area contributed by atoms with Gasteiger partial charge in [0, 0.05) is 18.0 Å². The lowest BCUT2D eigenvalue weighted by Gasteiger charge is -2.07. The smallest absolute Gasteiger partial charge is 0.159 e. The monoisotopic (exact) mass is 228 g/mol. The van der Waals surface area contributed by atoms with E-state index in [1.807, 2.05) is 18.3 Å². The number of ketones is 1. The van der Waals surface area contributed by atoms with Crippen LogP contribution in [0.2, 0.25) is 0 Å². The number of nitrogens with zero attached hydrogens (tertiary/aromatic N) is 2. The number of hydrogen-bond acceptors (Lipinski definition) is 3. The van der Waals surface area contributed by atoms with Gasteiger partial charge in [0.2, 0.25) is 0 Å². The Balaban J connectivity index is 2.18. The van der Waals surface area contributed by atoms with Crippen molar-refractivity contribution in [2.45, 2.75) is 13.5 Å². The van der Waals surface area contributed by atoms with Gasteiger partial charge in [0.15, 0.2) is 5.78 Å². The fourth-order valence-electron chi connectivity index (χ4n) is 2.03. The van der Waals surface area contributed by atoms with Crippen molar-refractivity contribution >= 4 is 5.78 Å². The Morgan fingerprint density at radius 1 is 1.47 bits per heavy atom. The minimum absolute atomic E-state index is 0.0454. The lowest BCUT2D eigenvalue weighted by atomic mass is 10.1. The molecule has 0 radical (unpaired) electrons. The molecule has 0 unspecified atom stereocenters. The normalized spacial score (nSPS) is 13.2. The molecular formula is C13H12N2O2. The molecule has 2 heterocycles. The molecule has 2 aromatic rings. The van der Waals surface area contributed by atoms with Gasteiger partial charge in [0.25, 0.3) is 0 Å². The highest BCUT2D eigenvalue weighted by atomic mass is 16.5. The molecule has 1 aliphatic rings. The van der Waals surface area contributed by atoms with Crippen LogP contribution in [-0.4, -0.2) is 21.9 Å². The summed E-state index contributed by atoms with van der Waals surface area (Å²) in [6, 6.07) is 5.51. The second-order valence-electron chi connectivity index (χ2n) is 4.06. The molecule has 0 N–H and O–H groups in total. The standard InChI is InChI=1S/C13H12N2O2/c1-9(16)10-2-3-11-12(8-10)17-7-6-15-5-4-14-13(11)15/h2-5,8H,6-7H2,1H3. The number of ether oxygens (including phenoxy) is 1. The van der Waals surface area contributed by atoms with Crippen LogP contribution in [0, 0.1) is 0 Å². The number of imidazole rings is 1. The van der Waals surface area contributed by atoms with E-state index in [1.54, 1.807) is 19.2 Å². The zero-order valence-corrected chi connectivity index (χ0v) is 9.51. The maximum atomic E-state index is 11.3. The first-order valence-electron chi connectivity index (χ1n) is 5.55. The van der Waals surface area contributed by atoms with Crippen molar-refractivity contribution < 1.29 is 9.53 Å². The molecule has 4 heteroatoms. The van der Waals surface area contributed by atoms with E-state index in [0.717, 1.165) is 23.7 Å². The number of Topliss-reactive ketones (excluding diaryl/α,β-unsaturated/α-hetero) is 1. The molecule has 0 bridgehead atoms. The van der Waals surface area contributed by atoms with Crippen LogP contribution in [0.4, 0.5) is 0 Å². The van der Waals surface area contributed by atoms with E-state index in [9.17, 15) is 4.79 Å². The number of rotatable bonds is 1. The van der Waals surface area contributed by atoms with Crippen molar-refractivity contribution in [1.29, 1.82) is 0 Å². The highest BCUT2D eigenvalue weighted by molar-refractivity contribution is 5.95. The van der Waals surface area contributed by atoms with Crippen molar-refractivity contribution in [1.82, 2.24) is 9.55 Å². The average Bonchev–Trinajstić information content (AvgIpc) is 2.71. The van der Waals surface area contributed by atoms with Crippen molar-refractivity contribution in [2.24, 2.45) is 0 Å². The van der Waals surface area contributed by atoms with Gasteiger partial charge < -0.3 is 9.30 Å². The predicted molar refractivity (Wildman–Crippen MR) is 63.2 cm³/mol. The van der Waals surface area contributed by atoms with Crippen LogP contribution < -0.4 is 4.74 Å². The van der Waals surface area contributed by atoms with Crippen molar-refractivity contribution in [3.63, 3.8) is 0 Å². The van der Waals surface area contributed by atoms with Crippen LogP contribution >= 0.6 is 0 Å². The molecule has 0 spiro atoms. The Morgan fingerprint density at radius 2 is 2.35 bits per heavy atom. The number of carbonyl (C=O) groups is 1. The van der Waals surface area contributed by atoms with E-state index in [0.29, 0.717) is 12.2 Å². The van der Waals surface area contributed by atoms with E-state index >= 15 is 0 Å². The third-order valence-corrected chi connectivity index (χ3v) is 2.93. The van der Waals surface area contributed by atoms with Crippen LogP contribution in [0.3, 0.4) is 0 Å². The molecule has 0 amide bonds. The molecule has 0 fully saturated rings. The van der Waals surface area contributed by atoms with E-state index in [1.165, 1.54) is 0 Å². The molecule has 4 nitrogen and oxygen atoms in total. The molecule has 86 valence electrons. The summed E-state index contributed by atoms with van der Waals surface area (Å²) in [6.07, 6.45) is 3.72. The maximum Gasteiger partial charge on any atom is 0.159 e. The van der Waals surface area contributed by atoms with E-state index < -0.39 is 0 Å². The Morgan fingerprint density at radius 3 is 3.18 bits per heavy atom. The maximum absolute atomic E-state index is 11.3. The highest BCUT2D eigenvalue weighted by Gasteiger charge is 2.17. The fraction of sp³-hybridized carbons (Fsp3) is 0.231. The Kier molecular flexibility index (Phi) is 2.21. The summed E-state index contributed by atoms with van der Waals surface area (Å²) in [7, 11) is 0. The Bertz CT molecular complexity index is 587. The molecule has 3 rings (SSSR count). The van der Waals surface area contributed by atoms with Crippen LogP contribution in [-0.2, 0) is 6.54 Å². The summed E-state index contributed by atoms with van der Waals surface area (Å²) < 4.78 is 7.72. The molecule has 0 saturated carbocycles. The zero-order valence-electron chi connectivity index (χ0n) is 9.51. The molecule has 1 aromatic carbocycles. The molecule has 0 atom stereocenters. The lowest BCUT2D eigenvalue weighted by molar-refractivity contribution is 0.101. The molecule has 0 aliphatic carbocycles. The molecular weight excluding hydrogens is 216 g/mol. The van der Waals surface area contributed by atoms with Crippen molar-refractivity contribution in [2.75, 3.05) is 6.61 Å². The predicted octanol–water partition coefficient (Wildman–Crippen LogP) is 2.15. The van der Waals surface area contributed by atoms with Gasteiger partial charge in [-0.1, -0.05) is 6.07 Å². The topological polar surface area (TPSA) is 44.1 Å². The first kappa shape index (κ1) is 10.1. The summed E-state index contributed by atoms with van der Waals surface area (Å²) in [5.41, 5.74) is 1.61. The van der Waals surface area contributed by atoms with Crippen LogP contribution in [0.1, 0.15) is 17.3 Å². The van der Waals surface area contributed by atoms with Gasteiger partial charge in [-0.3, -0.25) is 4.79 Å². The van der Waals surface area contributed by atoms with Crippen LogP contribution in [0.15, 0.2) is 30.6 Å². The van der Waals surface area contributed by atoms with Crippen LogP contribution in [0.25, 0.3) is 11.4 Å². The van der Waals surface area contributed by atoms with Gasteiger partial charge >= 0.3 is 0 Å². The fourth-order valence-corrected chi connectivity index (χ4v) is 2.03. The number of benzene rings is 1. The quantitative estimate of drug-likeness (QED) is 0.702. The van der Waals surface area contributed by atoms with Gasteiger partial charge in [0.1, 0.15) is 18.2 Å². The van der Waals surface area contributed by atoms with Gasteiger partial charge in [-0.25, -0.2) is 4.98 Å². The summed E-state index contributed by atoms with van der Waals surface area (Å²) in [4.78, 5) is 15.7. The SMILES string of the molecule is CC(=O)c1ccc2c(c1)OCCn1ccnc1-2. The summed E-state index contributed by atoms with van der Waals surface area (Å²) >= 11 is 0. The van der Waals surface area contributed by atoms with E-state index in [4.69, 9.17) is 4.74 Å². The third kappa shape index (κ3) is 1.62. The first-order valence-corrected chi connectivity index (χ1v) is 5.55. The first-order chi connectivity index (χ1) is 8.25. The summed E-state index contributed by atoms with van der Waals surface area (Å²) in [5, 5.41) is 0. The van der Waals surface area contributed by atoms with E-state index in [-0.39, 0.29) is 5.78 Å². The number of aromatic nitrogens is 2. The lowest BCUT2D eigenvalue weighted by Crippen LogP contribution is -2.04. The third-order valence-electron chi connectivity index (χ3n) is 2.93. The number of hydrogen-bond donors (Lipinski definition) is 0. The number of carbonyl (C=O) groups excluding carboxylic acids is 1. The molecule has 17 heavy (non-hydrogen) atoms. The van der Waals surface area contributed by atoms with Crippen LogP contribution in [0.5, 0.6) is 5.75 Å². The Hall–Kier alpha value is -2.10. The minimum Gasteiger partial charge on any atom is -0.491 e. The van der Waals surface area contributed by atoms with Crippen molar-refractivity contribution in [3.05, 3.63) is 36.2 Å². The number of fused-ring (bicyclic) bond motifs is 3. The van der Waals surface area contributed by atoms with Gasteiger partial charge in [0.05, 0.1) is 12.1 Å². The van der Waals surface area contributed by atoms with Gasteiger partial charge in [-0.2, -0.15) is 0 Å². The second-order valence-corrected chi connectivity index (χ2v) is 4.06. The largest absolute Gasteiger partial charge is 0.491 e. The average molecular weight is 228 g/mol. The second kappa shape index (κ2) is 3.73. The highest BCUT2D eigenvalue weighted by Crippen LogP contribution is 2.32.